The second kappa shape index (κ2) is 8.16. The van der Waals surface area contributed by atoms with E-state index in [2.05, 4.69) is 47.5 Å². The summed E-state index contributed by atoms with van der Waals surface area (Å²) in [6.07, 6.45) is 12.9. The summed E-state index contributed by atoms with van der Waals surface area (Å²) in [7, 11) is 2.10. The van der Waals surface area contributed by atoms with Crippen molar-refractivity contribution < 1.29 is 0 Å². The van der Waals surface area contributed by atoms with Crippen molar-refractivity contribution >= 4 is 17.3 Å². The van der Waals surface area contributed by atoms with Crippen molar-refractivity contribution in [3.8, 4) is 11.3 Å². The lowest BCUT2D eigenvalue weighted by atomic mass is 10.1. The zero-order valence-electron chi connectivity index (χ0n) is 17.2. The molecule has 0 radical (unpaired) electrons. The summed E-state index contributed by atoms with van der Waals surface area (Å²) < 4.78 is 3.85. The normalized spacial score (nSPS) is 15.8. The number of rotatable bonds is 8. The molecule has 0 unspecified atom stereocenters. The summed E-state index contributed by atoms with van der Waals surface area (Å²) in [4.78, 5) is 7.14. The van der Waals surface area contributed by atoms with Crippen LogP contribution in [0.15, 0.2) is 37.1 Å². The Labute approximate surface area is 170 Å². The van der Waals surface area contributed by atoms with Gasteiger partial charge in [0.2, 0.25) is 0 Å². The van der Waals surface area contributed by atoms with Gasteiger partial charge < -0.3 is 15.6 Å². The molecule has 0 spiro atoms. The fourth-order valence-electron chi connectivity index (χ4n) is 3.80. The Balaban J connectivity index is 1.70. The van der Waals surface area contributed by atoms with Gasteiger partial charge in [0.05, 0.1) is 47.6 Å². The van der Waals surface area contributed by atoms with Crippen molar-refractivity contribution in [1.29, 1.82) is 5.41 Å². The first-order valence-electron chi connectivity index (χ1n) is 10.2. The fraction of sp³-hybridized carbons (Fsp3) is 0.429. The average molecular weight is 393 g/mol. The van der Waals surface area contributed by atoms with Gasteiger partial charge in [0.1, 0.15) is 0 Å². The smallest absolute Gasteiger partial charge is 0.0999 e. The Morgan fingerprint density at radius 3 is 2.76 bits per heavy atom. The summed E-state index contributed by atoms with van der Waals surface area (Å²) in [5, 5.41) is 20.3. The van der Waals surface area contributed by atoms with Crippen molar-refractivity contribution in [3.05, 3.63) is 42.7 Å². The van der Waals surface area contributed by atoms with Gasteiger partial charge in [-0.05, 0) is 26.0 Å². The predicted octanol–water partition coefficient (Wildman–Crippen LogP) is 2.85. The first-order chi connectivity index (χ1) is 14.1. The third-order valence-electron chi connectivity index (χ3n) is 5.57. The van der Waals surface area contributed by atoms with Gasteiger partial charge in [0.15, 0.2) is 0 Å². The van der Waals surface area contributed by atoms with Crippen molar-refractivity contribution in [1.82, 2.24) is 34.6 Å². The number of hydrogen-bond acceptors (Lipinski definition) is 6. The second-order valence-corrected chi connectivity index (χ2v) is 7.64. The molecule has 3 aromatic rings. The highest BCUT2D eigenvalue weighted by molar-refractivity contribution is 6.07. The molecule has 3 aromatic heterocycles. The lowest BCUT2D eigenvalue weighted by Crippen LogP contribution is -2.54. The maximum absolute atomic E-state index is 7.88. The highest BCUT2D eigenvalue weighted by Gasteiger charge is 2.22. The van der Waals surface area contributed by atoms with E-state index in [4.69, 9.17) is 10.4 Å². The van der Waals surface area contributed by atoms with E-state index in [1.807, 2.05) is 33.9 Å². The van der Waals surface area contributed by atoms with Crippen LogP contribution >= 0.6 is 0 Å². The number of likely N-dealkylation sites (N-methyl/N-ethyl adjacent to an activating group) is 1. The van der Waals surface area contributed by atoms with Crippen LogP contribution in [0.4, 0.5) is 0 Å². The molecule has 152 valence electrons. The minimum atomic E-state index is 0.384. The molecule has 8 nitrogen and oxygen atoms in total. The predicted molar refractivity (Wildman–Crippen MR) is 115 cm³/mol. The Hall–Kier alpha value is -3.00. The lowest BCUT2D eigenvalue weighted by molar-refractivity contribution is 0.174. The van der Waals surface area contributed by atoms with Crippen molar-refractivity contribution in [2.75, 3.05) is 20.1 Å². The van der Waals surface area contributed by atoms with Crippen LogP contribution in [0.2, 0.25) is 0 Å². The second-order valence-electron chi connectivity index (χ2n) is 7.64. The van der Waals surface area contributed by atoms with Crippen molar-refractivity contribution in [3.63, 3.8) is 0 Å². The molecule has 1 aliphatic rings. The first kappa shape index (κ1) is 19.3. The number of allylic oxidation sites excluding steroid dienone is 1. The minimum Gasteiger partial charge on any atom is -0.385 e. The molecule has 4 rings (SSSR count). The minimum absolute atomic E-state index is 0.384. The molecule has 8 heteroatoms. The Bertz CT molecular complexity index is 1020. The molecule has 0 aliphatic carbocycles. The molecular weight excluding hydrogens is 364 g/mol. The summed E-state index contributed by atoms with van der Waals surface area (Å²) in [6.45, 7) is 6.37. The molecule has 0 bridgehead atoms. The Kier molecular flexibility index (Phi) is 5.44. The topological polar surface area (TPSA) is 87.1 Å². The van der Waals surface area contributed by atoms with E-state index in [0.717, 1.165) is 48.3 Å². The van der Waals surface area contributed by atoms with Crippen LogP contribution in [-0.4, -0.2) is 61.7 Å². The number of hydrogen-bond donors (Lipinski definition) is 2. The molecule has 0 atom stereocenters. The van der Waals surface area contributed by atoms with Gasteiger partial charge in [0.25, 0.3) is 0 Å². The van der Waals surface area contributed by atoms with E-state index in [1.165, 1.54) is 6.21 Å². The summed E-state index contributed by atoms with van der Waals surface area (Å²) in [6, 6.07) is 2.76. The monoisotopic (exact) mass is 392 g/mol. The zero-order chi connectivity index (χ0) is 20.4. The maximum Gasteiger partial charge on any atom is 0.0999 e. The number of nitrogens with one attached hydrogen (secondary N) is 2. The highest BCUT2D eigenvalue weighted by atomic mass is 15.3. The van der Waals surface area contributed by atoms with Gasteiger partial charge in [-0.2, -0.15) is 10.2 Å². The van der Waals surface area contributed by atoms with E-state index >= 15 is 0 Å². The van der Waals surface area contributed by atoms with E-state index in [9.17, 15) is 0 Å². The Morgan fingerprint density at radius 2 is 2.07 bits per heavy atom. The molecule has 1 fully saturated rings. The number of aromatic nitrogens is 5. The van der Waals surface area contributed by atoms with Gasteiger partial charge in [-0.25, -0.2) is 9.50 Å². The molecule has 1 saturated heterocycles. The number of fused-ring (bicyclic) bond motifs is 1. The molecule has 2 N–H and O–H groups in total. The van der Waals surface area contributed by atoms with Crippen molar-refractivity contribution in [2.45, 2.75) is 38.8 Å². The van der Waals surface area contributed by atoms with Crippen LogP contribution in [0.1, 0.15) is 38.4 Å². The van der Waals surface area contributed by atoms with Gasteiger partial charge in [-0.3, -0.25) is 4.68 Å². The zero-order valence-corrected chi connectivity index (χ0v) is 17.2. The van der Waals surface area contributed by atoms with E-state index in [0.29, 0.717) is 17.8 Å². The lowest BCUT2D eigenvalue weighted by Gasteiger charge is -2.36. The largest absolute Gasteiger partial charge is 0.385 e. The molecule has 0 aromatic carbocycles. The van der Waals surface area contributed by atoms with Gasteiger partial charge in [0, 0.05) is 42.8 Å². The van der Waals surface area contributed by atoms with E-state index in [-0.39, 0.29) is 0 Å². The number of nitrogens with zero attached hydrogens (tertiary/aromatic N) is 6. The molecular formula is C21H28N8. The molecule has 29 heavy (non-hydrogen) atoms. The van der Waals surface area contributed by atoms with Gasteiger partial charge >= 0.3 is 0 Å². The van der Waals surface area contributed by atoms with Gasteiger partial charge in [-0.15, -0.1) is 0 Å². The third-order valence-corrected chi connectivity index (χ3v) is 5.57. The van der Waals surface area contributed by atoms with Crippen LogP contribution in [0.5, 0.6) is 0 Å². The quantitative estimate of drug-likeness (QED) is 0.576. The fourth-order valence-corrected chi connectivity index (χ4v) is 3.80. The Morgan fingerprint density at radius 1 is 1.28 bits per heavy atom. The van der Waals surface area contributed by atoms with Crippen LogP contribution in [-0.2, 0) is 0 Å². The van der Waals surface area contributed by atoms with Crippen LogP contribution in [0.3, 0.4) is 0 Å². The maximum atomic E-state index is 7.88. The SMILES string of the molecule is CCC(CC)n1cc(-c2nc(/C(C=N)=C/NC3CN(C)C3)cn3nccc23)cn1. The summed E-state index contributed by atoms with van der Waals surface area (Å²) in [5.74, 6) is 0. The number of likely N-dealkylation sites (tertiary alicyclic amines) is 1. The van der Waals surface area contributed by atoms with Crippen LogP contribution < -0.4 is 5.32 Å². The molecule has 1 aliphatic heterocycles. The molecule has 0 saturated carbocycles. The molecule has 4 heterocycles. The summed E-state index contributed by atoms with van der Waals surface area (Å²) in [5.41, 5.74) is 4.15. The van der Waals surface area contributed by atoms with Crippen molar-refractivity contribution in [2.24, 2.45) is 0 Å². The van der Waals surface area contributed by atoms with E-state index < -0.39 is 0 Å². The average Bonchev–Trinajstić information content (AvgIpc) is 3.37. The van der Waals surface area contributed by atoms with Gasteiger partial charge in [-0.1, -0.05) is 13.8 Å². The standard InChI is InChI=1S/C21H28N8/c1-4-18(5-2)28-11-16(10-25-28)21-20-6-7-24-29(20)14-19(26-21)15(8-22)9-23-17-12-27(3)13-17/h6-11,14,17-18,22-23H,4-5,12-13H2,1-3H3/b15-9+,22-8?. The van der Waals surface area contributed by atoms with Crippen LogP contribution in [0, 0.1) is 5.41 Å². The molecule has 0 amide bonds. The summed E-state index contributed by atoms with van der Waals surface area (Å²) >= 11 is 0. The third kappa shape index (κ3) is 3.80. The van der Waals surface area contributed by atoms with Crippen LogP contribution in [0.25, 0.3) is 22.3 Å². The highest BCUT2D eigenvalue weighted by Crippen LogP contribution is 2.26. The van der Waals surface area contributed by atoms with E-state index in [1.54, 1.807) is 6.20 Å². The first-order valence-corrected chi connectivity index (χ1v) is 10.2.